The van der Waals surface area contributed by atoms with Gasteiger partial charge >= 0.3 is 0 Å². The standard InChI is InChI=1S/2C25H36NOS.Ni/c2*1-17(2)13-14-27-22-12-10-9-11-20(22)26-21-16-18(24(3,4)5)15-19(23(21)28)25(6,7)8;/h2*9-12,15-17,28H,13-14H2,1-8H3;/q2*-1;/p-2. The van der Waals surface area contributed by atoms with E-state index in [0.717, 1.165) is 56.9 Å². The Bertz CT molecular complexity index is 1740. The molecule has 0 heterocycles. The monoisotopic (exact) mass is 852 g/mol. The fourth-order valence-corrected chi connectivity index (χ4v) is 6.72. The van der Waals surface area contributed by atoms with Gasteiger partial charge in [0.15, 0.2) is 0 Å². The first-order valence-electron chi connectivity index (χ1n) is 20.4. The Balaban J connectivity index is 0.000000387. The predicted octanol–water partition coefficient (Wildman–Crippen LogP) is 15.9. The molecule has 0 radical (unpaired) electrons. The predicted molar refractivity (Wildman–Crippen MR) is 247 cm³/mol. The molecule has 0 spiro atoms. The van der Waals surface area contributed by atoms with Gasteiger partial charge in [0.05, 0.1) is 13.2 Å². The van der Waals surface area contributed by atoms with Gasteiger partial charge in [-0.25, -0.2) is 0 Å². The summed E-state index contributed by atoms with van der Waals surface area (Å²) in [6.07, 6.45) is 2.04. The van der Waals surface area contributed by atoms with Crippen molar-refractivity contribution in [1.82, 2.24) is 0 Å². The van der Waals surface area contributed by atoms with Gasteiger partial charge in [-0.3, -0.25) is 0 Å². The van der Waals surface area contributed by atoms with Gasteiger partial charge < -0.3 is 45.4 Å². The maximum Gasteiger partial charge on any atom is 0.104 e. The van der Waals surface area contributed by atoms with Crippen LogP contribution in [-0.2, 0) is 63.4 Å². The van der Waals surface area contributed by atoms with Crippen LogP contribution in [0.2, 0.25) is 0 Å². The van der Waals surface area contributed by atoms with Gasteiger partial charge in [-0.05, 0) is 69.6 Å². The Labute approximate surface area is 369 Å². The summed E-state index contributed by atoms with van der Waals surface area (Å²) in [6.45, 7) is 36.8. The molecule has 0 aliphatic rings. The maximum absolute atomic E-state index is 6.03. The van der Waals surface area contributed by atoms with Crippen LogP contribution < -0.4 is 9.47 Å². The van der Waals surface area contributed by atoms with Crippen molar-refractivity contribution in [2.24, 2.45) is 11.8 Å². The summed E-state index contributed by atoms with van der Waals surface area (Å²) in [5.41, 5.74) is 8.23. The van der Waals surface area contributed by atoms with E-state index in [-0.39, 0.29) is 38.2 Å². The third-order valence-electron chi connectivity index (χ3n) is 9.60. The van der Waals surface area contributed by atoms with E-state index in [2.05, 4.69) is 135 Å². The second-order valence-electron chi connectivity index (χ2n) is 20.0. The number of benzene rings is 4. The normalized spacial score (nSPS) is 12.1. The van der Waals surface area contributed by atoms with Crippen molar-refractivity contribution in [1.29, 1.82) is 0 Å². The number of hydrogen-bond acceptors (Lipinski definition) is 4. The zero-order valence-corrected chi connectivity index (χ0v) is 40.4. The van der Waals surface area contributed by atoms with E-state index in [4.69, 9.17) is 45.4 Å². The van der Waals surface area contributed by atoms with Crippen molar-refractivity contribution >= 4 is 48.0 Å². The number of nitrogens with zero attached hydrogens (tertiary/aromatic N) is 2. The summed E-state index contributed by atoms with van der Waals surface area (Å²) in [4.78, 5) is 1.66. The van der Waals surface area contributed by atoms with E-state index in [0.29, 0.717) is 25.0 Å². The fourth-order valence-electron chi connectivity index (χ4n) is 5.79. The molecule has 0 saturated carbocycles. The van der Waals surface area contributed by atoms with E-state index in [1.54, 1.807) is 0 Å². The molecule has 0 aromatic heterocycles. The molecule has 318 valence electrons. The summed E-state index contributed by atoms with van der Waals surface area (Å²) >= 11 is 11.7. The first-order chi connectivity index (χ1) is 25.8. The molecular formula is C50H70N2NiO2S2-4. The molecule has 0 saturated heterocycles. The number of hydrogen-bond donors (Lipinski definition) is 0. The molecule has 0 bridgehead atoms. The summed E-state index contributed by atoms with van der Waals surface area (Å²) in [6, 6.07) is 24.7. The molecule has 0 fully saturated rings. The second-order valence-corrected chi connectivity index (χ2v) is 20.8. The molecule has 0 N–H and O–H groups in total. The quantitative estimate of drug-likeness (QED) is 0.105. The first-order valence-corrected chi connectivity index (χ1v) is 21.2. The van der Waals surface area contributed by atoms with E-state index >= 15 is 0 Å². The maximum atomic E-state index is 6.03. The van der Waals surface area contributed by atoms with Crippen LogP contribution in [0.5, 0.6) is 11.5 Å². The number of rotatable bonds is 12. The minimum atomic E-state index is -0.0318. The van der Waals surface area contributed by atoms with Gasteiger partial charge in [0.2, 0.25) is 0 Å². The Morgan fingerprint density at radius 1 is 0.474 bits per heavy atom. The summed E-state index contributed by atoms with van der Waals surface area (Å²) in [5.74, 6) is 2.86. The fraction of sp³-hybridized carbons (Fsp3) is 0.520. The van der Waals surface area contributed by atoms with Crippen molar-refractivity contribution in [2.45, 2.75) is 155 Å². The molecule has 0 amide bonds. The van der Waals surface area contributed by atoms with Crippen molar-refractivity contribution in [2.75, 3.05) is 13.2 Å². The topological polar surface area (TPSA) is 46.7 Å². The summed E-state index contributed by atoms with van der Waals surface area (Å²) in [7, 11) is 0. The van der Waals surface area contributed by atoms with Gasteiger partial charge in [0.1, 0.15) is 11.5 Å². The van der Waals surface area contributed by atoms with Crippen molar-refractivity contribution < 1.29 is 26.0 Å². The molecule has 4 rings (SSSR count). The van der Waals surface area contributed by atoms with Crippen molar-refractivity contribution in [3.63, 3.8) is 0 Å². The summed E-state index contributed by atoms with van der Waals surface area (Å²) in [5, 5.41) is 9.92. The molecule has 0 unspecified atom stereocenters. The van der Waals surface area contributed by atoms with Gasteiger partial charge in [-0.1, -0.05) is 194 Å². The Kier molecular flexibility index (Phi) is 18.3. The molecule has 7 heteroatoms. The van der Waals surface area contributed by atoms with Crippen LogP contribution in [0.15, 0.2) is 82.6 Å². The molecule has 57 heavy (non-hydrogen) atoms. The van der Waals surface area contributed by atoms with Crippen LogP contribution in [0.25, 0.3) is 10.6 Å². The largest absolute Gasteiger partial charge is 0.781 e. The van der Waals surface area contributed by atoms with Crippen LogP contribution in [0, 0.1) is 11.8 Å². The minimum Gasteiger partial charge on any atom is -0.781 e. The molecule has 4 aromatic carbocycles. The average Bonchev–Trinajstić information content (AvgIpc) is 3.06. The van der Waals surface area contributed by atoms with E-state index in [1.807, 2.05) is 48.5 Å². The van der Waals surface area contributed by atoms with Crippen molar-refractivity contribution in [3.05, 3.63) is 106 Å². The molecule has 4 nitrogen and oxygen atoms in total. The Morgan fingerprint density at radius 3 is 1.07 bits per heavy atom. The van der Waals surface area contributed by atoms with Crippen LogP contribution in [0.1, 0.15) is 146 Å². The van der Waals surface area contributed by atoms with Crippen LogP contribution >= 0.6 is 0 Å². The molecule has 4 aromatic rings. The number of ether oxygens (including phenoxy) is 2. The Hall–Kier alpha value is -2.99. The van der Waals surface area contributed by atoms with Crippen LogP contribution in [-0.4, -0.2) is 13.2 Å². The molecule has 0 aliphatic carbocycles. The smallest absolute Gasteiger partial charge is 0.104 e. The molecule has 0 aliphatic heterocycles. The summed E-state index contributed by atoms with van der Waals surface area (Å²) < 4.78 is 12.1. The number of para-hydroxylation sites is 4. The van der Waals surface area contributed by atoms with E-state index < -0.39 is 0 Å². The Morgan fingerprint density at radius 2 is 0.789 bits per heavy atom. The van der Waals surface area contributed by atoms with Crippen LogP contribution in [0.3, 0.4) is 0 Å². The van der Waals surface area contributed by atoms with Gasteiger partial charge in [-0.15, -0.1) is 0 Å². The van der Waals surface area contributed by atoms with Gasteiger partial charge in [0.25, 0.3) is 0 Å². The third kappa shape index (κ3) is 15.3. The van der Waals surface area contributed by atoms with Gasteiger partial charge in [0, 0.05) is 16.5 Å². The van der Waals surface area contributed by atoms with Crippen LogP contribution in [0.4, 0.5) is 22.7 Å². The van der Waals surface area contributed by atoms with E-state index in [9.17, 15) is 0 Å². The average molecular weight is 854 g/mol. The zero-order chi connectivity index (χ0) is 42.2. The second kappa shape index (κ2) is 20.8. The SMILES string of the molecule is CC(C)CCOc1ccccc1[N-]c1cc(C(C)(C)C)cc(C(C)(C)C)c1[S-].CC(C)CCOc1ccccc1[N-]c1cc(C(C)(C)C)cc(C(C)(C)C)c1[S-].[Ni]. The van der Waals surface area contributed by atoms with Gasteiger partial charge in [-0.2, -0.15) is 21.2 Å². The third-order valence-corrected chi connectivity index (χ3v) is 10.5. The first kappa shape index (κ1) is 50.2. The molecular weight excluding hydrogens is 783 g/mol. The molecule has 0 atom stereocenters. The van der Waals surface area contributed by atoms with Crippen molar-refractivity contribution in [3.8, 4) is 11.5 Å². The minimum absolute atomic E-state index is 0. The zero-order valence-electron chi connectivity index (χ0n) is 37.8. The van der Waals surface area contributed by atoms with E-state index in [1.165, 1.54) is 22.3 Å².